The Kier molecular flexibility index (Phi) is 10.7. The minimum Gasteiger partial charge on any atom is -0.396 e. The number of aliphatic imine (C=N–C) groups is 1. The number of nitrogens with zero attached hydrogens (tertiary/aromatic N) is 4. The van der Waals surface area contributed by atoms with E-state index in [1.165, 1.54) is 25.7 Å². The van der Waals surface area contributed by atoms with Gasteiger partial charge in [-0.1, -0.05) is 12.8 Å². The molecule has 0 heterocycles. The molecule has 0 aromatic heterocycles. The van der Waals surface area contributed by atoms with Crippen LogP contribution in [0.3, 0.4) is 0 Å². The summed E-state index contributed by atoms with van der Waals surface area (Å²) in [4.78, 5) is 33.0. The largest absolute Gasteiger partial charge is 0.396 e. The highest BCUT2D eigenvalue weighted by atomic mass is 16.5. The highest BCUT2D eigenvalue weighted by Gasteiger charge is 2.27. The van der Waals surface area contributed by atoms with E-state index in [1.54, 1.807) is 23.9 Å². The minimum atomic E-state index is -0.471. The summed E-state index contributed by atoms with van der Waals surface area (Å²) >= 11 is 0. The van der Waals surface area contributed by atoms with Crippen LogP contribution in [0.4, 0.5) is 0 Å². The predicted molar refractivity (Wildman–Crippen MR) is 105 cm³/mol. The molecule has 0 aliphatic heterocycles. The second-order valence-corrected chi connectivity index (χ2v) is 6.91. The fourth-order valence-electron chi connectivity index (χ4n) is 3.20. The predicted octanol–water partition coefficient (Wildman–Crippen LogP) is 1.27. The van der Waals surface area contributed by atoms with Gasteiger partial charge in [0.2, 0.25) is 6.41 Å². The maximum atomic E-state index is 13.0. The molecule has 0 atom stereocenters. The lowest BCUT2D eigenvalue weighted by Gasteiger charge is -2.30. The molecule has 1 rings (SSSR count). The molecule has 0 spiro atoms. The number of ether oxygens (including phenoxy) is 1. The average Bonchev–Trinajstić information content (AvgIpc) is 3.17. The van der Waals surface area contributed by atoms with Crippen LogP contribution in [0.25, 0.3) is 0 Å². The molecule has 1 N–H and O–H groups in total. The molecule has 8 nitrogen and oxygen atoms in total. The van der Waals surface area contributed by atoms with Gasteiger partial charge in [-0.05, 0) is 38.8 Å². The standard InChI is InChI=1S/C19H34N4O4/c1-5-22(15-27-13-16-9-6-7-10-16)17(18(20-2)21(3)4)19(26)23(14-25)11-8-12-24/h14,16,24H,2,5-13,15H2,1,3-4H3/b18-17+. The molecule has 0 bridgehead atoms. The Balaban J connectivity index is 3.01. The zero-order valence-electron chi connectivity index (χ0n) is 16.9. The van der Waals surface area contributed by atoms with E-state index in [4.69, 9.17) is 9.84 Å². The van der Waals surface area contributed by atoms with E-state index in [0.717, 1.165) is 4.90 Å². The minimum absolute atomic E-state index is 0.0983. The van der Waals surface area contributed by atoms with Crippen molar-refractivity contribution >= 4 is 19.0 Å². The molecule has 27 heavy (non-hydrogen) atoms. The summed E-state index contributed by atoms with van der Waals surface area (Å²) in [6.07, 6.45) is 5.68. The fraction of sp³-hybridized carbons (Fsp3) is 0.737. The summed E-state index contributed by atoms with van der Waals surface area (Å²) in [5.74, 6) is 0.483. The molecule has 0 saturated heterocycles. The zero-order valence-corrected chi connectivity index (χ0v) is 16.9. The summed E-state index contributed by atoms with van der Waals surface area (Å²) in [5, 5.41) is 9.02. The molecular formula is C19H34N4O4. The second-order valence-electron chi connectivity index (χ2n) is 6.91. The van der Waals surface area contributed by atoms with Crippen molar-refractivity contribution < 1.29 is 19.4 Å². The number of aliphatic hydroxyl groups is 1. The molecular weight excluding hydrogens is 348 g/mol. The van der Waals surface area contributed by atoms with Gasteiger partial charge in [-0.3, -0.25) is 14.5 Å². The molecule has 0 radical (unpaired) electrons. The molecule has 8 heteroatoms. The van der Waals surface area contributed by atoms with Gasteiger partial charge in [0.1, 0.15) is 12.4 Å². The third-order valence-corrected chi connectivity index (χ3v) is 4.71. The first-order valence-corrected chi connectivity index (χ1v) is 9.58. The molecule has 0 aromatic carbocycles. The Morgan fingerprint density at radius 1 is 1.33 bits per heavy atom. The first kappa shape index (κ1) is 23.1. The van der Waals surface area contributed by atoms with Crippen LogP contribution in [0.2, 0.25) is 0 Å². The Labute approximate surface area is 162 Å². The molecule has 2 amide bonds. The van der Waals surface area contributed by atoms with Crippen LogP contribution < -0.4 is 0 Å². The summed E-state index contributed by atoms with van der Waals surface area (Å²) in [5.41, 5.74) is 0.272. The van der Waals surface area contributed by atoms with Crippen LogP contribution >= 0.6 is 0 Å². The molecule has 1 fully saturated rings. The maximum Gasteiger partial charge on any atom is 0.280 e. The topological polar surface area (TPSA) is 85.7 Å². The lowest BCUT2D eigenvalue weighted by molar-refractivity contribution is -0.137. The summed E-state index contributed by atoms with van der Waals surface area (Å²) in [6.45, 7) is 6.96. The van der Waals surface area contributed by atoms with Crippen LogP contribution in [-0.4, -0.2) is 86.0 Å². The van der Waals surface area contributed by atoms with E-state index >= 15 is 0 Å². The molecule has 154 valence electrons. The number of aliphatic hydroxyl groups excluding tert-OH is 1. The van der Waals surface area contributed by atoms with Crippen LogP contribution in [0.1, 0.15) is 39.0 Å². The summed E-state index contributed by atoms with van der Waals surface area (Å²) < 4.78 is 5.88. The number of imide groups is 1. The van der Waals surface area contributed by atoms with Gasteiger partial charge >= 0.3 is 0 Å². The number of amides is 2. The van der Waals surface area contributed by atoms with Crippen molar-refractivity contribution in [2.45, 2.75) is 39.0 Å². The third kappa shape index (κ3) is 6.95. The number of hydrogen-bond acceptors (Lipinski definition) is 7. The van der Waals surface area contributed by atoms with Crippen LogP contribution in [-0.2, 0) is 14.3 Å². The lowest BCUT2D eigenvalue weighted by atomic mass is 10.1. The molecule has 1 aliphatic carbocycles. The van der Waals surface area contributed by atoms with Gasteiger partial charge in [-0.15, -0.1) is 0 Å². The van der Waals surface area contributed by atoms with Crippen LogP contribution in [0.5, 0.6) is 0 Å². The Morgan fingerprint density at radius 3 is 2.48 bits per heavy atom. The van der Waals surface area contributed by atoms with Gasteiger partial charge in [0, 0.05) is 33.8 Å². The van der Waals surface area contributed by atoms with Crippen LogP contribution in [0, 0.1) is 5.92 Å². The number of rotatable bonds is 13. The van der Waals surface area contributed by atoms with Gasteiger partial charge in [-0.25, -0.2) is 4.99 Å². The van der Waals surface area contributed by atoms with Crippen molar-refractivity contribution in [2.75, 3.05) is 47.1 Å². The van der Waals surface area contributed by atoms with Crippen molar-refractivity contribution in [3.63, 3.8) is 0 Å². The number of likely N-dealkylation sites (N-methyl/N-ethyl adjacent to an activating group) is 1. The Hall–Kier alpha value is -1.93. The quantitative estimate of drug-likeness (QED) is 0.223. The maximum absolute atomic E-state index is 13.0. The number of carbonyl (C=O) groups excluding carboxylic acids is 2. The normalized spacial score (nSPS) is 15.3. The lowest BCUT2D eigenvalue weighted by Crippen LogP contribution is -2.41. The molecule has 0 unspecified atom stereocenters. The number of carbonyl (C=O) groups is 2. The second kappa shape index (κ2) is 12.5. The molecule has 0 aromatic rings. The molecule has 1 aliphatic rings. The third-order valence-electron chi connectivity index (χ3n) is 4.71. The van der Waals surface area contributed by atoms with E-state index < -0.39 is 5.91 Å². The first-order chi connectivity index (χ1) is 13.0. The smallest absolute Gasteiger partial charge is 0.280 e. The fourth-order valence-corrected chi connectivity index (χ4v) is 3.20. The van der Waals surface area contributed by atoms with Crippen molar-refractivity contribution in [2.24, 2.45) is 10.9 Å². The van der Waals surface area contributed by atoms with E-state index in [1.807, 2.05) is 6.92 Å². The van der Waals surface area contributed by atoms with Gasteiger partial charge in [0.25, 0.3) is 5.91 Å². The van der Waals surface area contributed by atoms with E-state index in [-0.39, 0.29) is 25.6 Å². The number of hydrogen-bond donors (Lipinski definition) is 1. The first-order valence-electron chi connectivity index (χ1n) is 9.58. The zero-order chi connectivity index (χ0) is 20.2. The van der Waals surface area contributed by atoms with E-state index in [2.05, 4.69) is 11.7 Å². The van der Waals surface area contributed by atoms with Crippen LogP contribution in [0.15, 0.2) is 16.5 Å². The van der Waals surface area contributed by atoms with Crippen molar-refractivity contribution in [3.05, 3.63) is 11.5 Å². The SMILES string of the molecule is C=N/C(=C(/C(=O)N(C=O)CCCO)N(CC)COCC1CCCC1)N(C)C. The van der Waals surface area contributed by atoms with Crippen molar-refractivity contribution in [1.82, 2.24) is 14.7 Å². The highest BCUT2D eigenvalue weighted by molar-refractivity contribution is 5.99. The monoisotopic (exact) mass is 382 g/mol. The van der Waals surface area contributed by atoms with Crippen molar-refractivity contribution in [3.8, 4) is 0 Å². The summed E-state index contributed by atoms with van der Waals surface area (Å²) in [6, 6.07) is 0. The van der Waals surface area contributed by atoms with Crippen molar-refractivity contribution in [1.29, 1.82) is 0 Å². The average molecular weight is 383 g/mol. The van der Waals surface area contributed by atoms with E-state index in [9.17, 15) is 9.59 Å². The van der Waals surface area contributed by atoms with Gasteiger partial charge in [0.15, 0.2) is 5.82 Å². The Bertz CT molecular complexity index is 516. The molecule has 1 saturated carbocycles. The van der Waals surface area contributed by atoms with E-state index in [0.29, 0.717) is 37.7 Å². The summed E-state index contributed by atoms with van der Waals surface area (Å²) in [7, 11) is 3.53. The Morgan fingerprint density at radius 2 is 2.00 bits per heavy atom. The van der Waals surface area contributed by atoms with Gasteiger partial charge in [0.05, 0.1) is 6.61 Å². The highest BCUT2D eigenvalue weighted by Crippen LogP contribution is 2.25. The van der Waals surface area contributed by atoms with Gasteiger partial charge in [-0.2, -0.15) is 0 Å². The van der Waals surface area contributed by atoms with Gasteiger partial charge < -0.3 is 19.6 Å².